The van der Waals surface area contributed by atoms with E-state index in [1.165, 1.54) is 11.1 Å². The standard InChI is InChI=1S/C22H27ClN2O2/c1-6-27-20-10-7-15(11-18(20)23)21(26)24-19-9-8-17-16(14(19)2)12-25(5)13-22(17,3)4/h7-11H,6,12-13H2,1-5H3,(H,24,26). The van der Waals surface area contributed by atoms with E-state index in [2.05, 4.69) is 44.1 Å². The van der Waals surface area contributed by atoms with E-state index in [0.29, 0.717) is 22.9 Å². The van der Waals surface area contributed by atoms with Crippen molar-refractivity contribution >= 4 is 23.2 Å². The Kier molecular flexibility index (Phi) is 5.50. The second-order valence-corrected chi connectivity index (χ2v) is 8.26. The molecular weight excluding hydrogens is 360 g/mol. The van der Waals surface area contributed by atoms with Crippen LogP contribution >= 0.6 is 11.6 Å². The number of carbonyl (C=O) groups excluding carboxylic acids is 1. The number of hydrogen-bond donors (Lipinski definition) is 1. The summed E-state index contributed by atoms with van der Waals surface area (Å²) in [4.78, 5) is 15.1. The van der Waals surface area contributed by atoms with Crippen molar-refractivity contribution in [3.05, 3.63) is 57.6 Å². The van der Waals surface area contributed by atoms with Crippen molar-refractivity contribution in [1.29, 1.82) is 0 Å². The lowest BCUT2D eigenvalue weighted by Crippen LogP contribution is -2.40. The van der Waals surface area contributed by atoms with Gasteiger partial charge in [-0.3, -0.25) is 4.79 Å². The van der Waals surface area contributed by atoms with Crippen LogP contribution in [0.5, 0.6) is 5.75 Å². The molecule has 0 spiro atoms. The third-order valence-corrected chi connectivity index (χ3v) is 5.46. The van der Waals surface area contributed by atoms with Crippen LogP contribution in [0, 0.1) is 6.92 Å². The van der Waals surface area contributed by atoms with Crippen molar-refractivity contribution in [3.8, 4) is 5.75 Å². The van der Waals surface area contributed by atoms with Crippen molar-refractivity contribution in [1.82, 2.24) is 4.90 Å². The third-order valence-electron chi connectivity index (χ3n) is 5.16. The smallest absolute Gasteiger partial charge is 0.255 e. The number of ether oxygens (including phenoxy) is 1. The lowest BCUT2D eigenvalue weighted by Gasteiger charge is -2.39. The Morgan fingerprint density at radius 3 is 2.70 bits per heavy atom. The van der Waals surface area contributed by atoms with Crippen LogP contribution in [-0.4, -0.2) is 31.0 Å². The quantitative estimate of drug-likeness (QED) is 0.801. The molecule has 0 radical (unpaired) electrons. The van der Waals surface area contributed by atoms with Crippen LogP contribution in [0.25, 0.3) is 0 Å². The Morgan fingerprint density at radius 1 is 1.30 bits per heavy atom. The summed E-state index contributed by atoms with van der Waals surface area (Å²) < 4.78 is 5.43. The number of benzene rings is 2. The summed E-state index contributed by atoms with van der Waals surface area (Å²) in [6.45, 7) is 11.0. The molecule has 4 nitrogen and oxygen atoms in total. The van der Waals surface area contributed by atoms with Gasteiger partial charge in [0.05, 0.1) is 11.6 Å². The molecule has 0 saturated heterocycles. The van der Waals surface area contributed by atoms with Gasteiger partial charge in [0.15, 0.2) is 0 Å². The van der Waals surface area contributed by atoms with Gasteiger partial charge < -0.3 is 15.0 Å². The molecule has 0 bridgehead atoms. The second kappa shape index (κ2) is 7.53. The molecule has 1 aliphatic rings. The second-order valence-electron chi connectivity index (χ2n) is 7.85. The van der Waals surface area contributed by atoms with Gasteiger partial charge in [-0.1, -0.05) is 31.5 Å². The fraction of sp³-hybridized carbons (Fsp3) is 0.409. The average Bonchev–Trinajstić information content (AvgIpc) is 2.59. The zero-order valence-electron chi connectivity index (χ0n) is 16.6. The minimum absolute atomic E-state index is 0.0955. The van der Waals surface area contributed by atoms with Gasteiger partial charge in [0.25, 0.3) is 5.91 Å². The van der Waals surface area contributed by atoms with Crippen molar-refractivity contribution in [2.75, 3.05) is 25.5 Å². The molecule has 5 heteroatoms. The van der Waals surface area contributed by atoms with Gasteiger partial charge in [-0.2, -0.15) is 0 Å². The summed E-state index contributed by atoms with van der Waals surface area (Å²) in [5, 5.41) is 3.48. The molecule has 144 valence electrons. The first-order valence-electron chi connectivity index (χ1n) is 9.28. The topological polar surface area (TPSA) is 41.6 Å². The van der Waals surface area contributed by atoms with Crippen LogP contribution in [0.4, 0.5) is 5.69 Å². The Hall–Kier alpha value is -2.04. The first-order chi connectivity index (χ1) is 12.7. The van der Waals surface area contributed by atoms with Crippen molar-refractivity contribution in [2.24, 2.45) is 0 Å². The molecule has 1 N–H and O–H groups in total. The zero-order chi connectivity index (χ0) is 19.8. The number of fused-ring (bicyclic) bond motifs is 1. The molecule has 1 heterocycles. The summed E-state index contributed by atoms with van der Waals surface area (Å²) >= 11 is 6.22. The Morgan fingerprint density at radius 2 is 2.04 bits per heavy atom. The number of amides is 1. The van der Waals surface area contributed by atoms with Crippen molar-refractivity contribution in [3.63, 3.8) is 0 Å². The van der Waals surface area contributed by atoms with E-state index < -0.39 is 0 Å². The average molecular weight is 387 g/mol. The van der Waals surface area contributed by atoms with Crippen LogP contribution in [0.1, 0.15) is 47.8 Å². The van der Waals surface area contributed by atoms with Gasteiger partial charge in [-0.15, -0.1) is 0 Å². The van der Waals surface area contributed by atoms with E-state index in [4.69, 9.17) is 16.3 Å². The molecule has 0 atom stereocenters. The maximum absolute atomic E-state index is 12.7. The predicted octanol–water partition coefficient (Wildman–Crippen LogP) is 5.02. The van der Waals surface area contributed by atoms with E-state index in [0.717, 1.165) is 24.3 Å². The van der Waals surface area contributed by atoms with Crippen LogP contribution in [0.2, 0.25) is 5.02 Å². The van der Waals surface area contributed by atoms with E-state index in [9.17, 15) is 4.79 Å². The monoisotopic (exact) mass is 386 g/mol. The summed E-state index contributed by atoms with van der Waals surface area (Å²) in [5.74, 6) is 0.414. The summed E-state index contributed by atoms with van der Waals surface area (Å²) in [5.41, 5.74) is 5.24. The zero-order valence-corrected chi connectivity index (χ0v) is 17.4. The van der Waals surface area contributed by atoms with Crippen LogP contribution < -0.4 is 10.1 Å². The van der Waals surface area contributed by atoms with Gasteiger partial charge in [-0.05, 0) is 61.9 Å². The van der Waals surface area contributed by atoms with Crippen molar-refractivity contribution in [2.45, 2.75) is 39.7 Å². The molecule has 1 aliphatic heterocycles. The van der Waals surface area contributed by atoms with Gasteiger partial charge in [-0.25, -0.2) is 0 Å². The first-order valence-corrected chi connectivity index (χ1v) is 9.66. The Labute approximate surface area is 166 Å². The molecular formula is C22H27ClN2O2. The van der Waals surface area contributed by atoms with Gasteiger partial charge >= 0.3 is 0 Å². The van der Waals surface area contributed by atoms with Crippen molar-refractivity contribution < 1.29 is 9.53 Å². The SMILES string of the molecule is CCOc1ccc(C(=O)Nc2ccc3c(c2C)CN(C)CC3(C)C)cc1Cl. The lowest BCUT2D eigenvalue weighted by atomic mass is 9.77. The molecule has 0 unspecified atom stereocenters. The van der Waals surface area contributed by atoms with E-state index in [1.54, 1.807) is 18.2 Å². The molecule has 0 fully saturated rings. The summed E-state index contributed by atoms with van der Waals surface area (Å²) in [6, 6.07) is 9.27. The number of nitrogens with one attached hydrogen (secondary N) is 1. The molecule has 2 aromatic rings. The molecule has 0 aromatic heterocycles. The number of nitrogens with zero attached hydrogens (tertiary/aromatic N) is 1. The molecule has 0 saturated carbocycles. The van der Waals surface area contributed by atoms with Gasteiger partial charge in [0.1, 0.15) is 5.75 Å². The maximum Gasteiger partial charge on any atom is 0.255 e. The highest BCUT2D eigenvalue weighted by molar-refractivity contribution is 6.32. The normalized spacial score (nSPS) is 15.9. The van der Waals surface area contributed by atoms with E-state index >= 15 is 0 Å². The lowest BCUT2D eigenvalue weighted by molar-refractivity contribution is 0.102. The van der Waals surface area contributed by atoms with Crippen LogP contribution in [-0.2, 0) is 12.0 Å². The fourth-order valence-corrected chi connectivity index (χ4v) is 4.16. The predicted molar refractivity (Wildman–Crippen MR) is 111 cm³/mol. The van der Waals surface area contributed by atoms with Crippen LogP contribution in [0.15, 0.2) is 30.3 Å². The Balaban J connectivity index is 1.87. The largest absolute Gasteiger partial charge is 0.492 e. The maximum atomic E-state index is 12.7. The van der Waals surface area contributed by atoms with Gasteiger partial charge in [0, 0.05) is 29.8 Å². The highest BCUT2D eigenvalue weighted by Gasteiger charge is 2.31. The molecule has 2 aromatic carbocycles. The molecule has 1 amide bonds. The number of anilines is 1. The fourth-order valence-electron chi connectivity index (χ4n) is 3.92. The minimum atomic E-state index is -0.175. The highest BCUT2D eigenvalue weighted by atomic mass is 35.5. The summed E-state index contributed by atoms with van der Waals surface area (Å²) in [6.07, 6.45) is 0. The highest BCUT2D eigenvalue weighted by Crippen LogP contribution is 2.37. The van der Waals surface area contributed by atoms with E-state index in [-0.39, 0.29) is 11.3 Å². The number of halogens is 1. The number of rotatable bonds is 4. The molecule has 3 rings (SSSR count). The molecule has 0 aliphatic carbocycles. The number of likely N-dealkylation sites (N-methyl/N-ethyl adjacent to an activating group) is 1. The van der Waals surface area contributed by atoms with E-state index in [1.807, 2.05) is 13.0 Å². The van der Waals surface area contributed by atoms with Gasteiger partial charge in [0.2, 0.25) is 0 Å². The number of carbonyl (C=O) groups is 1. The third kappa shape index (κ3) is 3.97. The minimum Gasteiger partial charge on any atom is -0.492 e. The summed E-state index contributed by atoms with van der Waals surface area (Å²) in [7, 11) is 2.14. The first kappa shape index (κ1) is 19.7. The number of hydrogen-bond acceptors (Lipinski definition) is 3. The van der Waals surface area contributed by atoms with Crippen LogP contribution in [0.3, 0.4) is 0 Å². The molecule has 27 heavy (non-hydrogen) atoms. The Bertz CT molecular complexity index is 877.